The van der Waals surface area contributed by atoms with Crippen molar-refractivity contribution in [2.75, 3.05) is 25.0 Å². The molecule has 0 aliphatic rings. The Hall–Kier alpha value is -3.88. The van der Waals surface area contributed by atoms with Crippen LogP contribution in [-0.4, -0.2) is 53.6 Å². The second-order valence-electron chi connectivity index (χ2n) is 10.0. The first-order valence-electron chi connectivity index (χ1n) is 12.4. The van der Waals surface area contributed by atoms with Crippen molar-refractivity contribution in [3.8, 4) is 0 Å². The van der Waals surface area contributed by atoms with Crippen LogP contribution in [-0.2, 0) is 16.1 Å². The molecule has 0 aromatic heterocycles. The number of hydrogen-bond donors (Lipinski definition) is 3. The van der Waals surface area contributed by atoms with Crippen molar-refractivity contribution in [2.45, 2.75) is 53.5 Å². The molecule has 0 fully saturated rings. The number of aliphatic carboxylic acids is 1. The molecular formula is C28H37N3O6. The highest BCUT2D eigenvalue weighted by Gasteiger charge is 2.22. The van der Waals surface area contributed by atoms with Crippen molar-refractivity contribution >= 4 is 29.6 Å². The van der Waals surface area contributed by atoms with Gasteiger partial charge in [0.25, 0.3) is 5.91 Å². The number of urea groups is 1. The van der Waals surface area contributed by atoms with E-state index in [1.807, 2.05) is 27.7 Å². The molecule has 0 unspecified atom stereocenters. The van der Waals surface area contributed by atoms with Gasteiger partial charge >= 0.3 is 18.0 Å². The Kier molecular flexibility index (Phi) is 11.1. The quantitative estimate of drug-likeness (QED) is 0.274. The number of carboxylic acids is 1. The molecule has 0 saturated heterocycles. The first-order chi connectivity index (χ1) is 17.5. The van der Waals surface area contributed by atoms with E-state index in [0.29, 0.717) is 36.5 Å². The summed E-state index contributed by atoms with van der Waals surface area (Å²) in [7, 11) is 0. The lowest BCUT2D eigenvalue weighted by molar-refractivity contribution is -0.136. The fourth-order valence-electron chi connectivity index (χ4n) is 3.42. The summed E-state index contributed by atoms with van der Waals surface area (Å²) in [6, 6.07) is 13.1. The van der Waals surface area contributed by atoms with Crippen molar-refractivity contribution in [1.29, 1.82) is 0 Å². The van der Waals surface area contributed by atoms with E-state index in [1.54, 1.807) is 53.4 Å². The van der Waals surface area contributed by atoms with E-state index in [4.69, 9.17) is 9.84 Å². The minimum absolute atomic E-state index is 0.0521. The summed E-state index contributed by atoms with van der Waals surface area (Å²) in [5, 5.41) is 14.2. The summed E-state index contributed by atoms with van der Waals surface area (Å²) in [5.74, 6) is -1.72. The molecule has 2 rings (SSSR count). The van der Waals surface area contributed by atoms with Gasteiger partial charge in [0.05, 0.1) is 18.6 Å². The van der Waals surface area contributed by atoms with E-state index in [9.17, 15) is 19.2 Å². The number of carboxylic acid groups (broad SMARTS) is 1. The monoisotopic (exact) mass is 511 g/mol. The van der Waals surface area contributed by atoms with Crippen LogP contribution in [0, 0.1) is 5.41 Å². The van der Waals surface area contributed by atoms with Crippen LogP contribution in [0.25, 0.3) is 0 Å². The first kappa shape index (κ1) is 29.4. The minimum Gasteiger partial charge on any atom is -0.481 e. The smallest absolute Gasteiger partial charge is 0.338 e. The maximum Gasteiger partial charge on any atom is 0.338 e. The number of carbonyl (C=O) groups is 4. The standard InChI is InChI=1S/C28H37N3O6/c1-5-6-17-37-26(35)22-11-13-23(14-12-22)30-27(36)31(19-28(2,3)4)18-20-7-9-21(10-8-20)25(34)29-16-15-24(32)33/h7-14H,5-6,15-19H2,1-4H3,(H,29,34)(H,30,36)(H,32,33). The van der Waals surface area contributed by atoms with Gasteiger partial charge in [-0.1, -0.05) is 46.2 Å². The number of rotatable bonds is 12. The number of ether oxygens (including phenoxy) is 1. The van der Waals surface area contributed by atoms with Gasteiger partial charge in [-0.2, -0.15) is 0 Å². The number of hydrogen-bond acceptors (Lipinski definition) is 5. The second kappa shape index (κ2) is 14.0. The minimum atomic E-state index is -0.978. The van der Waals surface area contributed by atoms with Crippen molar-refractivity contribution in [1.82, 2.24) is 10.2 Å². The molecule has 37 heavy (non-hydrogen) atoms. The zero-order valence-electron chi connectivity index (χ0n) is 22.0. The van der Waals surface area contributed by atoms with E-state index < -0.39 is 5.97 Å². The molecule has 3 amide bonds. The van der Waals surface area contributed by atoms with Crippen molar-refractivity contribution in [2.24, 2.45) is 5.41 Å². The highest BCUT2D eigenvalue weighted by Crippen LogP contribution is 2.20. The van der Waals surface area contributed by atoms with E-state index in [-0.39, 0.29) is 36.3 Å². The number of nitrogens with one attached hydrogen (secondary N) is 2. The molecule has 0 aliphatic carbocycles. The third-order valence-electron chi connectivity index (χ3n) is 5.27. The van der Waals surface area contributed by atoms with E-state index in [0.717, 1.165) is 18.4 Å². The van der Waals surface area contributed by atoms with Gasteiger partial charge in [0.15, 0.2) is 0 Å². The van der Waals surface area contributed by atoms with Gasteiger partial charge in [0, 0.05) is 30.9 Å². The predicted octanol–water partition coefficient (Wildman–Crippen LogP) is 4.93. The van der Waals surface area contributed by atoms with Gasteiger partial charge in [-0.25, -0.2) is 9.59 Å². The van der Waals surface area contributed by atoms with Crippen LogP contribution in [0.1, 0.15) is 73.2 Å². The Balaban J connectivity index is 2.04. The van der Waals surface area contributed by atoms with E-state index >= 15 is 0 Å². The van der Waals surface area contributed by atoms with E-state index in [1.165, 1.54) is 0 Å². The van der Waals surface area contributed by atoms with Crippen molar-refractivity contribution in [3.05, 3.63) is 65.2 Å². The summed E-state index contributed by atoms with van der Waals surface area (Å²) in [4.78, 5) is 49.7. The Labute approximate surface area is 218 Å². The van der Waals surface area contributed by atoms with Crippen molar-refractivity contribution < 1.29 is 29.0 Å². The summed E-state index contributed by atoms with van der Waals surface area (Å²) < 4.78 is 5.22. The van der Waals surface area contributed by atoms with Gasteiger partial charge in [-0.3, -0.25) is 9.59 Å². The zero-order valence-corrected chi connectivity index (χ0v) is 22.0. The van der Waals surface area contributed by atoms with Crippen LogP contribution < -0.4 is 10.6 Å². The largest absolute Gasteiger partial charge is 0.481 e. The number of benzene rings is 2. The predicted molar refractivity (Wildman–Crippen MR) is 142 cm³/mol. The highest BCUT2D eigenvalue weighted by molar-refractivity contribution is 5.94. The number of unbranched alkanes of at least 4 members (excludes halogenated alkanes) is 1. The average Bonchev–Trinajstić information content (AvgIpc) is 2.83. The van der Waals surface area contributed by atoms with Crippen LogP contribution in [0.15, 0.2) is 48.5 Å². The molecular weight excluding hydrogens is 474 g/mol. The average molecular weight is 512 g/mol. The maximum atomic E-state index is 13.1. The van der Waals surface area contributed by atoms with Gasteiger partial charge in [-0.15, -0.1) is 0 Å². The SMILES string of the molecule is CCCCOC(=O)c1ccc(NC(=O)N(Cc2ccc(C(=O)NCCC(=O)O)cc2)CC(C)(C)C)cc1. The molecule has 3 N–H and O–H groups in total. The van der Waals surface area contributed by atoms with Gasteiger partial charge in [0.1, 0.15) is 0 Å². The van der Waals surface area contributed by atoms with Gasteiger partial charge in [0.2, 0.25) is 0 Å². The number of nitrogens with zero attached hydrogens (tertiary/aromatic N) is 1. The van der Waals surface area contributed by atoms with Crippen LogP contribution in [0.4, 0.5) is 10.5 Å². The summed E-state index contributed by atoms with van der Waals surface area (Å²) in [6.45, 7) is 9.38. The van der Waals surface area contributed by atoms with Crippen LogP contribution in [0.3, 0.4) is 0 Å². The molecule has 9 heteroatoms. The lowest BCUT2D eigenvalue weighted by Gasteiger charge is -2.30. The number of amides is 3. The molecule has 0 heterocycles. The normalized spacial score (nSPS) is 10.9. The van der Waals surface area contributed by atoms with Gasteiger partial charge < -0.3 is 25.4 Å². The molecule has 0 aliphatic heterocycles. The molecule has 0 bridgehead atoms. The summed E-state index contributed by atoms with van der Waals surface area (Å²) in [5.41, 5.74) is 2.07. The summed E-state index contributed by atoms with van der Waals surface area (Å²) >= 11 is 0. The fraction of sp³-hybridized carbons (Fsp3) is 0.429. The molecule has 2 aromatic rings. The first-order valence-corrected chi connectivity index (χ1v) is 12.4. The molecule has 9 nitrogen and oxygen atoms in total. The summed E-state index contributed by atoms with van der Waals surface area (Å²) in [6.07, 6.45) is 1.61. The van der Waals surface area contributed by atoms with Crippen LogP contribution in [0.5, 0.6) is 0 Å². The van der Waals surface area contributed by atoms with E-state index in [2.05, 4.69) is 10.6 Å². The Bertz CT molecular complexity index is 1060. The topological polar surface area (TPSA) is 125 Å². The third kappa shape index (κ3) is 10.7. The molecule has 0 atom stereocenters. The highest BCUT2D eigenvalue weighted by atomic mass is 16.5. The molecule has 2 aromatic carbocycles. The molecule has 0 saturated carbocycles. The van der Waals surface area contributed by atoms with Gasteiger partial charge in [-0.05, 0) is 53.8 Å². The Morgan fingerprint density at radius 2 is 1.57 bits per heavy atom. The molecule has 0 radical (unpaired) electrons. The Morgan fingerprint density at radius 3 is 2.14 bits per heavy atom. The number of carbonyl (C=O) groups excluding carboxylic acids is 3. The Morgan fingerprint density at radius 1 is 0.946 bits per heavy atom. The zero-order chi connectivity index (χ0) is 27.4. The second-order valence-corrected chi connectivity index (χ2v) is 10.0. The maximum absolute atomic E-state index is 13.1. The lowest BCUT2D eigenvalue weighted by atomic mass is 9.96. The van der Waals surface area contributed by atoms with Crippen LogP contribution >= 0.6 is 0 Å². The van der Waals surface area contributed by atoms with Crippen molar-refractivity contribution in [3.63, 3.8) is 0 Å². The molecule has 0 spiro atoms. The number of anilines is 1. The lowest BCUT2D eigenvalue weighted by Crippen LogP contribution is -2.40. The fourth-order valence-corrected chi connectivity index (χ4v) is 3.42. The molecule has 200 valence electrons. The third-order valence-corrected chi connectivity index (χ3v) is 5.27. The number of esters is 1. The van der Waals surface area contributed by atoms with Crippen LogP contribution in [0.2, 0.25) is 0 Å².